The smallest absolute Gasteiger partial charge is 0.303 e. The van der Waals surface area contributed by atoms with Gasteiger partial charge in [-0.15, -0.1) is 0 Å². The lowest BCUT2D eigenvalue weighted by Crippen LogP contribution is -2.11. The van der Waals surface area contributed by atoms with Crippen LogP contribution < -0.4 is 0 Å². The van der Waals surface area contributed by atoms with E-state index < -0.39 is 5.97 Å². The molecule has 0 spiro atoms. The Morgan fingerprint density at radius 3 is 2.57 bits per heavy atom. The molecule has 0 heterocycles. The Kier molecular flexibility index (Phi) is 4.75. The number of thioether (sulfide) groups is 1. The van der Waals surface area contributed by atoms with Crippen LogP contribution in [0.1, 0.15) is 32.1 Å². The van der Waals surface area contributed by atoms with Crippen LogP contribution in [0.3, 0.4) is 0 Å². The Balaban J connectivity index is 2.03. The molecule has 0 radical (unpaired) electrons. The SMILES string of the molecule is O=C(O)CC1(CSCCCCO)CC1. The first-order valence-corrected chi connectivity index (χ1v) is 6.24. The molecular weight excluding hydrogens is 200 g/mol. The Labute approximate surface area is 88.9 Å². The zero-order valence-electron chi connectivity index (χ0n) is 8.37. The van der Waals surface area contributed by atoms with Gasteiger partial charge in [-0.1, -0.05) is 0 Å². The third kappa shape index (κ3) is 4.33. The van der Waals surface area contributed by atoms with Crippen molar-refractivity contribution in [3.63, 3.8) is 0 Å². The van der Waals surface area contributed by atoms with Crippen molar-refractivity contribution >= 4 is 17.7 Å². The Morgan fingerprint density at radius 1 is 1.36 bits per heavy atom. The highest BCUT2D eigenvalue weighted by Gasteiger charge is 2.43. The molecule has 82 valence electrons. The predicted molar refractivity (Wildman–Crippen MR) is 57.6 cm³/mol. The fourth-order valence-corrected chi connectivity index (χ4v) is 2.85. The average molecular weight is 218 g/mol. The van der Waals surface area contributed by atoms with Crippen LogP contribution in [0.25, 0.3) is 0 Å². The van der Waals surface area contributed by atoms with Gasteiger partial charge < -0.3 is 10.2 Å². The van der Waals surface area contributed by atoms with Gasteiger partial charge in [0.15, 0.2) is 0 Å². The largest absolute Gasteiger partial charge is 0.481 e. The van der Waals surface area contributed by atoms with Gasteiger partial charge in [-0.2, -0.15) is 11.8 Å². The second-order valence-corrected chi connectivity index (χ2v) is 5.16. The van der Waals surface area contributed by atoms with E-state index in [1.807, 2.05) is 11.8 Å². The molecule has 0 unspecified atom stereocenters. The summed E-state index contributed by atoms with van der Waals surface area (Å²) < 4.78 is 0. The summed E-state index contributed by atoms with van der Waals surface area (Å²) in [5, 5.41) is 17.3. The highest BCUT2D eigenvalue weighted by atomic mass is 32.2. The summed E-state index contributed by atoms with van der Waals surface area (Å²) in [6, 6.07) is 0. The molecule has 2 N–H and O–H groups in total. The molecule has 14 heavy (non-hydrogen) atoms. The first-order valence-electron chi connectivity index (χ1n) is 5.09. The fraction of sp³-hybridized carbons (Fsp3) is 0.900. The zero-order chi connectivity index (χ0) is 10.4. The van der Waals surface area contributed by atoms with Gasteiger partial charge in [0.25, 0.3) is 0 Å². The molecule has 1 fully saturated rings. The van der Waals surface area contributed by atoms with Crippen molar-refractivity contribution in [1.29, 1.82) is 0 Å². The maximum atomic E-state index is 10.5. The van der Waals surface area contributed by atoms with E-state index in [0.29, 0.717) is 6.42 Å². The second kappa shape index (κ2) is 5.61. The van der Waals surface area contributed by atoms with Crippen molar-refractivity contribution < 1.29 is 15.0 Å². The summed E-state index contributed by atoms with van der Waals surface area (Å²) >= 11 is 1.83. The quantitative estimate of drug-likeness (QED) is 0.609. The van der Waals surface area contributed by atoms with Crippen molar-refractivity contribution in [1.82, 2.24) is 0 Å². The fourth-order valence-electron chi connectivity index (χ4n) is 1.47. The molecule has 0 aromatic heterocycles. The lowest BCUT2D eigenvalue weighted by atomic mass is 10.1. The minimum atomic E-state index is -0.668. The molecule has 1 aliphatic carbocycles. The summed E-state index contributed by atoms with van der Waals surface area (Å²) in [5.41, 5.74) is 0.121. The summed E-state index contributed by atoms with van der Waals surface area (Å²) in [6.07, 6.45) is 4.38. The molecule has 0 amide bonds. The van der Waals surface area contributed by atoms with Crippen LogP contribution in [0.4, 0.5) is 0 Å². The third-order valence-corrected chi connectivity index (χ3v) is 3.98. The van der Waals surface area contributed by atoms with Gasteiger partial charge in [0.1, 0.15) is 0 Å². The number of aliphatic carboxylic acids is 1. The van der Waals surface area contributed by atoms with Crippen molar-refractivity contribution in [2.24, 2.45) is 5.41 Å². The molecule has 1 aliphatic rings. The van der Waals surface area contributed by atoms with Crippen LogP contribution in [-0.4, -0.2) is 34.3 Å². The normalized spacial score (nSPS) is 18.1. The van der Waals surface area contributed by atoms with Crippen LogP contribution >= 0.6 is 11.8 Å². The number of hydrogen-bond donors (Lipinski definition) is 2. The van der Waals surface area contributed by atoms with E-state index in [4.69, 9.17) is 10.2 Å². The van der Waals surface area contributed by atoms with Gasteiger partial charge >= 0.3 is 5.97 Å². The molecule has 0 aromatic rings. The molecule has 0 aromatic carbocycles. The molecule has 0 aliphatic heterocycles. The number of hydrogen-bond acceptors (Lipinski definition) is 3. The van der Waals surface area contributed by atoms with Crippen LogP contribution in [-0.2, 0) is 4.79 Å². The molecule has 3 nitrogen and oxygen atoms in total. The Bertz CT molecular complexity index is 190. The summed E-state index contributed by atoms with van der Waals surface area (Å²) in [4.78, 5) is 10.5. The summed E-state index contributed by atoms with van der Waals surface area (Å²) in [6.45, 7) is 0.265. The van der Waals surface area contributed by atoms with E-state index in [1.54, 1.807) is 0 Å². The number of rotatable bonds is 8. The third-order valence-electron chi connectivity index (χ3n) is 2.59. The number of aliphatic hydroxyl groups is 1. The lowest BCUT2D eigenvalue weighted by Gasteiger charge is -2.11. The number of unbranched alkanes of at least 4 members (excludes halogenated alkanes) is 1. The van der Waals surface area contributed by atoms with E-state index in [1.165, 1.54) is 0 Å². The van der Waals surface area contributed by atoms with Crippen molar-refractivity contribution in [2.75, 3.05) is 18.1 Å². The van der Waals surface area contributed by atoms with Crippen molar-refractivity contribution in [3.05, 3.63) is 0 Å². The first-order chi connectivity index (χ1) is 6.68. The average Bonchev–Trinajstić information content (AvgIpc) is 2.84. The van der Waals surface area contributed by atoms with Crippen LogP contribution in [0.5, 0.6) is 0 Å². The van der Waals surface area contributed by atoms with Gasteiger partial charge in [0.2, 0.25) is 0 Å². The van der Waals surface area contributed by atoms with Gasteiger partial charge in [0, 0.05) is 6.61 Å². The van der Waals surface area contributed by atoms with Crippen LogP contribution in [0, 0.1) is 5.41 Å². The molecular formula is C10H18O3S. The number of carboxylic acid groups (broad SMARTS) is 1. The van der Waals surface area contributed by atoms with Gasteiger partial charge in [-0.3, -0.25) is 4.79 Å². The molecule has 0 atom stereocenters. The number of carbonyl (C=O) groups is 1. The number of carboxylic acids is 1. The van der Waals surface area contributed by atoms with E-state index in [2.05, 4.69) is 0 Å². The molecule has 1 rings (SSSR count). The van der Waals surface area contributed by atoms with Crippen LogP contribution in [0.15, 0.2) is 0 Å². The molecule has 4 heteroatoms. The minimum absolute atomic E-state index is 0.121. The summed E-state index contributed by atoms with van der Waals surface area (Å²) in [7, 11) is 0. The van der Waals surface area contributed by atoms with Gasteiger partial charge in [0.05, 0.1) is 6.42 Å². The standard InChI is InChI=1S/C10H18O3S/c11-5-1-2-6-14-8-10(3-4-10)7-9(12)13/h11H,1-8H2,(H,12,13). The number of aliphatic hydroxyl groups excluding tert-OH is 1. The van der Waals surface area contributed by atoms with Gasteiger partial charge in [-0.25, -0.2) is 0 Å². The van der Waals surface area contributed by atoms with Crippen molar-refractivity contribution in [2.45, 2.75) is 32.1 Å². The summed E-state index contributed by atoms with van der Waals surface area (Å²) in [5.74, 6) is 1.35. The van der Waals surface area contributed by atoms with Crippen molar-refractivity contribution in [3.8, 4) is 0 Å². The highest BCUT2D eigenvalue weighted by Crippen LogP contribution is 2.51. The van der Waals surface area contributed by atoms with E-state index >= 15 is 0 Å². The Morgan fingerprint density at radius 2 is 2.07 bits per heavy atom. The van der Waals surface area contributed by atoms with E-state index in [0.717, 1.165) is 37.2 Å². The molecule has 0 bridgehead atoms. The topological polar surface area (TPSA) is 57.5 Å². The van der Waals surface area contributed by atoms with Gasteiger partial charge in [-0.05, 0) is 42.6 Å². The van der Waals surface area contributed by atoms with E-state index in [9.17, 15) is 4.79 Å². The Hall–Kier alpha value is -0.220. The predicted octanol–water partition coefficient (Wildman–Crippen LogP) is 1.75. The minimum Gasteiger partial charge on any atom is -0.481 e. The first kappa shape index (κ1) is 11.9. The monoisotopic (exact) mass is 218 g/mol. The highest BCUT2D eigenvalue weighted by molar-refractivity contribution is 7.99. The molecule has 1 saturated carbocycles. The van der Waals surface area contributed by atoms with Crippen LogP contribution in [0.2, 0.25) is 0 Å². The maximum absolute atomic E-state index is 10.5. The zero-order valence-corrected chi connectivity index (χ0v) is 9.18. The molecule has 0 saturated heterocycles. The lowest BCUT2D eigenvalue weighted by molar-refractivity contribution is -0.138. The maximum Gasteiger partial charge on any atom is 0.303 e. The second-order valence-electron chi connectivity index (χ2n) is 4.05. The van der Waals surface area contributed by atoms with E-state index in [-0.39, 0.29) is 12.0 Å².